The zero-order chi connectivity index (χ0) is 48.5. The third kappa shape index (κ3) is 11.6. The number of urea groups is 1. The van der Waals surface area contributed by atoms with Crippen molar-refractivity contribution in [2.45, 2.75) is 50.5 Å². The third-order valence-electron chi connectivity index (χ3n) is 9.33. The molecule has 7 rings (SSSR count). The van der Waals surface area contributed by atoms with E-state index in [2.05, 4.69) is 25.9 Å². The topological polar surface area (TPSA) is 258 Å². The van der Waals surface area contributed by atoms with Gasteiger partial charge in [0.05, 0.1) is 28.4 Å². The van der Waals surface area contributed by atoms with Gasteiger partial charge in [-0.15, -0.1) is 6.42 Å². The molecule has 4 amide bonds. The Balaban J connectivity index is 0.000000191. The van der Waals surface area contributed by atoms with Gasteiger partial charge in [-0.3, -0.25) is 19.5 Å². The number of aromatic nitrogens is 4. The lowest BCUT2D eigenvalue weighted by molar-refractivity contribution is -0.139. The summed E-state index contributed by atoms with van der Waals surface area (Å²) in [6.45, 7) is 2.78. The van der Waals surface area contributed by atoms with Gasteiger partial charge in [-0.25, -0.2) is 36.8 Å². The standard InChI is InChI=1S/C18H15ClFNO3.C14H15N5O6S.C11H8ClNO3/c1-3-10(2)24-16-9-15(14(20)8-13(16)19)21-17(22)11-6-4-5-7-12(11)18(21)23;1-8-15-12(17-13(16-8)25-3)19(2)14(22)18-26(23,24)10-7-5-4-6-9(10)11(20)21;12-8-3-4-9(16-6-10(14)15)11-7(8)2-1-5-13-11/h1,8-10H,4-7H2,2H3;4-7H,1-3H3,(H,18,22)(H,20,21);1-5H,6H2,(H,14,15). The number of ether oxygens (including phenoxy) is 3. The first-order valence-corrected chi connectivity index (χ1v) is 21.5. The van der Waals surface area contributed by atoms with E-state index in [1.54, 1.807) is 49.0 Å². The van der Waals surface area contributed by atoms with Crippen molar-refractivity contribution >= 4 is 85.5 Å². The number of terminal acetylenes is 1. The number of carboxylic acid groups (broad SMARTS) is 2. The van der Waals surface area contributed by atoms with Gasteiger partial charge in [-0.1, -0.05) is 41.3 Å². The fourth-order valence-electron chi connectivity index (χ4n) is 6.22. The van der Waals surface area contributed by atoms with E-state index in [0.29, 0.717) is 40.3 Å². The maximum atomic E-state index is 14.4. The van der Waals surface area contributed by atoms with Crippen LogP contribution in [0.15, 0.2) is 82.9 Å². The van der Waals surface area contributed by atoms with Gasteiger partial charge in [0.1, 0.15) is 33.6 Å². The van der Waals surface area contributed by atoms with E-state index < -0.39 is 68.8 Å². The fraction of sp³-hybridized carbons (Fsp3) is 0.233. The Morgan fingerprint density at radius 3 is 2.26 bits per heavy atom. The van der Waals surface area contributed by atoms with E-state index in [-0.39, 0.29) is 34.2 Å². The summed E-state index contributed by atoms with van der Waals surface area (Å²) in [5.74, 6) is -1.13. The fourth-order valence-corrected chi connectivity index (χ4v) is 7.81. The minimum Gasteiger partial charge on any atom is -0.480 e. The molecule has 344 valence electrons. The Morgan fingerprint density at radius 1 is 0.970 bits per heavy atom. The molecule has 1 aliphatic heterocycles. The van der Waals surface area contributed by atoms with Crippen molar-refractivity contribution in [2.75, 3.05) is 30.6 Å². The third-order valence-corrected chi connectivity index (χ3v) is 11.3. The van der Waals surface area contributed by atoms with Crippen LogP contribution in [0.25, 0.3) is 10.9 Å². The number of anilines is 2. The molecule has 1 atom stereocenters. The van der Waals surface area contributed by atoms with Crippen LogP contribution in [-0.4, -0.2) is 95.2 Å². The molecule has 5 aromatic rings. The van der Waals surface area contributed by atoms with E-state index in [9.17, 15) is 36.8 Å². The number of aromatic carboxylic acids is 1. The lowest BCUT2D eigenvalue weighted by Gasteiger charge is -2.19. The number of imide groups is 1. The summed E-state index contributed by atoms with van der Waals surface area (Å²) >= 11 is 12.0. The number of amides is 4. The zero-order valence-corrected chi connectivity index (χ0v) is 37.6. The second kappa shape index (κ2) is 21.5. The molecule has 3 N–H and O–H groups in total. The quantitative estimate of drug-likeness (QED) is 0.0956. The maximum absolute atomic E-state index is 14.4. The van der Waals surface area contributed by atoms with E-state index in [4.69, 9.17) is 54.0 Å². The molecule has 3 heterocycles. The Morgan fingerprint density at radius 2 is 1.64 bits per heavy atom. The molecule has 0 radical (unpaired) electrons. The van der Waals surface area contributed by atoms with E-state index >= 15 is 0 Å². The SMILES string of the molecule is C#CC(C)Oc1cc(N2C(=O)C3=C(CCCC3)C2=O)c(F)cc1Cl.COc1nc(C)nc(N(C)C(=O)NS(=O)(=O)c2ccccc2C(=O)O)n1.O=C(O)COc1ccc(Cl)c2cccnc12. The number of carbonyl (C=O) groups excluding carboxylic acids is 3. The van der Waals surface area contributed by atoms with Crippen molar-refractivity contribution in [3.05, 3.63) is 105 Å². The van der Waals surface area contributed by atoms with Gasteiger partial charge in [0, 0.05) is 35.8 Å². The number of rotatable bonds is 11. The summed E-state index contributed by atoms with van der Waals surface area (Å²) in [4.78, 5) is 75.9. The van der Waals surface area contributed by atoms with Crippen molar-refractivity contribution < 1.29 is 61.2 Å². The van der Waals surface area contributed by atoms with E-state index in [1.165, 1.54) is 32.4 Å². The number of nitrogens with zero attached hydrogens (tertiary/aromatic N) is 6. The van der Waals surface area contributed by atoms with Gasteiger partial charge in [0.25, 0.3) is 21.8 Å². The number of hydrogen-bond acceptors (Lipinski definition) is 14. The number of hydrogen-bond donors (Lipinski definition) is 3. The zero-order valence-electron chi connectivity index (χ0n) is 35.2. The monoisotopic (exact) mass is 965 g/mol. The molecular formula is C43H38Cl2FN7O12S. The van der Waals surface area contributed by atoms with Crippen molar-refractivity contribution in [3.8, 4) is 29.9 Å². The average Bonchev–Trinajstić information content (AvgIpc) is 3.54. The summed E-state index contributed by atoms with van der Waals surface area (Å²) < 4.78 is 56.4. The van der Waals surface area contributed by atoms with Crippen LogP contribution in [0.2, 0.25) is 10.0 Å². The van der Waals surface area contributed by atoms with Gasteiger partial charge in [-0.05, 0) is 82.0 Å². The Labute approximate surface area is 386 Å². The average molecular weight is 967 g/mol. The number of pyridine rings is 1. The Hall–Kier alpha value is -7.41. The van der Waals surface area contributed by atoms with E-state index in [1.807, 2.05) is 0 Å². The number of halogens is 3. The summed E-state index contributed by atoms with van der Waals surface area (Å²) in [6.07, 6.45) is 9.07. The molecule has 0 bridgehead atoms. The van der Waals surface area contributed by atoms with Crippen molar-refractivity contribution in [1.82, 2.24) is 24.7 Å². The van der Waals surface area contributed by atoms with Gasteiger partial charge < -0.3 is 24.4 Å². The number of carboxylic acids is 2. The molecular weight excluding hydrogens is 928 g/mol. The molecule has 23 heteroatoms. The number of fused-ring (bicyclic) bond motifs is 1. The number of benzene rings is 3. The second-order valence-corrected chi connectivity index (χ2v) is 16.3. The number of aryl methyl sites for hydroxylation is 1. The molecule has 0 saturated heterocycles. The van der Waals surface area contributed by atoms with Crippen LogP contribution in [-0.2, 0) is 24.4 Å². The van der Waals surface area contributed by atoms with Crippen molar-refractivity contribution in [2.24, 2.45) is 0 Å². The van der Waals surface area contributed by atoms with Crippen molar-refractivity contribution in [3.63, 3.8) is 0 Å². The molecule has 2 aliphatic rings. The Bertz CT molecular complexity index is 2900. The molecule has 1 aliphatic carbocycles. The smallest absolute Gasteiger partial charge is 0.341 e. The first kappa shape index (κ1) is 49.6. The predicted molar refractivity (Wildman–Crippen MR) is 237 cm³/mol. The lowest BCUT2D eigenvalue weighted by atomic mass is 9.93. The molecule has 2 aromatic heterocycles. The van der Waals surface area contributed by atoms with Crippen LogP contribution in [0.3, 0.4) is 0 Å². The molecule has 66 heavy (non-hydrogen) atoms. The molecule has 0 fully saturated rings. The summed E-state index contributed by atoms with van der Waals surface area (Å²) in [5.41, 5.74) is 0.910. The summed E-state index contributed by atoms with van der Waals surface area (Å²) in [6, 6.07) is 12.9. The van der Waals surface area contributed by atoms with Crippen LogP contribution in [0.4, 0.5) is 20.8 Å². The lowest BCUT2D eigenvalue weighted by Crippen LogP contribution is -2.42. The highest BCUT2D eigenvalue weighted by molar-refractivity contribution is 7.90. The highest BCUT2D eigenvalue weighted by Crippen LogP contribution is 2.40. The van der Waals surface area contributed by atoms with Gasteiger partial charge in [0.2, 0.25) is 5.95 Å². The molecule has 0 saturated carbocycles. The van der Waals surface area contributed by atoms with Gasteiger partial charge in [0.15, 0.2) is 12.7 Å². The largest absolute Gasteiger partial charge is 0.480 e. The number of nitrogens with one attached hydrogen (secondary N) is 1. The van der Waals surface area contributed by atoms with Crippen LogP contribution in [0, 0.1) is 25.1 Å². The minimum absolute atomic E-state index is 0.0233. The number of aliphatic carboxylic acids is 1. The number of methoxy groups -OCH3 is 1. The summed E-state index contributed by atoms with van der Waals surface area (Å²) in [5, 5.41) is 19.0. The van der Waals surface area contributed by atoms with Crippen LogP contribution in [0.5, 0.6) is 17.5 Å². The second-order valence-electron chi connectivity index (χ2n) is 13.8. The van der Waals surface area contributed by atoms with Gasteiger partial charge >= 0.3 is 24.0 Å². The van der Waals surface area contributed by atoms with Crippen LogP contribution < -0.4 is 28.7 Å². The van der Waals surface area contributed by atoms with Crippen molar-refractivity contribution in [1.29, 1.82) is 0 Å². The molecule has 19 nitrogen and oxygen atoms in total. The summed E-state index contributed by atoms with van der Waals surface area (Å²) in [7, 11) is -1.87. The highest BCUT2D eigenvalue weighted by atomic mass is 35.5. The minimum atomic E-state index is -4.44. The van der Waals surface area contributed by atoms with Crippen LogP contribution in [0.1, 0.15) is 48.8 Å². The van der Waals surface area contributed by atoms with Crippen LogP contribution >= 0.6 is 23.2 Å². The maximum Gasteiger partial charge on any atom is 0.341 e. The number of sulfonamides is 1. The molecule has 0 spiro atoms. The first-order valence-electron chi connectivity index (χ1n) is 19.3. The number of carbonyl (C=O) groups is 5. The normalized spacial score (nSPS) is 13.5. The predicted octanol–water partition coefficient (Wildman–Crippen LogP) is 6.40. The molecule has 3 aromatic carbocycles. The molecule has 1 unspecified atom stereocenters. The van der Waals surface area contributed by atoms with E-state index in [0.717, 1.165) is 46.2 Å². The highest BCUT2D eigenvalue weighted by Gasteiger charge is 2.41. The first-order chi connectivity index (χ1) is 31.3. The Kier molecular flexibility index (Phi) is 16.2. The van der Waals surface area contributed by atoms with Gasteiger partial charge in [-0.2, -0.15) is 15.0 Å².